The standard InChI is InChI=1S/C18H24N2O2/c21-17(19-16-8-4-5-9-16)14-10-12-20(13-11-14)18(22)15-6-2-1-3-7-15/h1-3,6-7,14,16H,4-5,8-13H2,(H,19,21). The molecule has 1 aliphatic carbocycles. The second-order valence-corrected chi connectivity index (χ2v) is 6.42. The molecular formula is C18H24N2O2. The first-order valence-electron chi connectivity index (χ1n) is 8.39. The Bertz CT molecular complexity index is 515. The summed E-state index contributed by atoms with van der Waals surface area (Å²) in [6.45, 7) is 1.35. The summed E-state index contributed by atoms with van der Waals surface area (Å²) in [5.41, 5.74) is 0.733. The van der Waals surface area contributed by atoms with Crippen molar-refractivity contribution >= 4 is 11.8 Å². The first kappa shape index (κ1) is 15.1. The van der Waals surface area contributed by atoms with Crippen molar-refractivity contribution in [2.24, 2.45) is 5.92 Å². The van der Waals surface area contributed by atoms with Gasteiger partial charge < -0.3 is 10.2 Å². The maximum atomic E-state index is 12.4. The number of likely N-dealkylation sites (tertiary alicyclic amines) is 1. The molecular weight excluding hydrogens is 276 g/mol. The molecule has 4 nitrogen and oxygen atoms in total. The minimum Gasteiger partial charge on any atom is -0.353 e. The monoisotopic (exact) mass is 300 g/mol. The predicted octanol–water partition coefficient (Wildman–Crippen LogP) is 2.60. The molecule has 1 saturated carbocycles. The van der Waals surface area contributed by atoms with E-state index in [0.29, 0.717) is 19.1 Å². The number of carbonyl (C=O) groups excluding carboxylic acids is 2. The zero-order chi connectivity index (χ0) is 15.4. The first-order chi connectivity index (χ1) is 10.7. The molecule has 1 N–H and O–H groups in total. The molecule has 0 spiro atoms. The van der Waals surface area contributed by atoms with Gasteiger partial charge in [-0.25, -0.2) is 0 Å². The smallest absolute Gasteiger partial charge is 0.253 e. The van der Waals surface area contributed by atoms with Crippen molar-refractivity contribution in [3.05, 3.63) is 35.9 Å². The van der Waals surface area contributed by atoms with E-state index in [2.05, 4.69) is 5.32 Å². The average Bonchev–Trinajstić information content (AvgIpc) is 3.08. The average molecular weight is 300 g/mol. The van der Waals surface area contributed by atoms with Crippen LogP contribution < -0.4 is 5.32 Å². The van der Waals surface area contributed by atoms with E-state index >= 15 is 0 Å². The molecule has 1 aromatic rings. The van der Waals surface area contributed by atoms with E-state index in [1.807, 2.05) is 35.2 Å². The lowest BCUT2D eigenvalue weighted by Crippen LogP contribution is -2.44. The number of rotatable bonds is 3. The van der Waals surface area contributed by atoms with Gasteiger partial charge in [-0.15, -0.1) is 0 Å². The molecule has 22 heavy (non-hydrogen) atoms. The molecule has 3 rings (SSSR count). The van der Waals surface area contributed by atoms with Crippen LogP contribution >= 0.6 is 0 Å². The van der Waals surface area contributed by atoms with Crippen molar-refractivity contribution in [1.29, 1.82) is 0 Å². The van der Waals surface area contributed by atoms with Crippen LogP contribution in [-0.2, 0) is 4.79 Å². The van der Waals surface area contributed by atoms with Crippen molar-refractivity contribution < 1.29 is 9.59 Å². The van der Waals surface area contributed by atoms with Gasteiger partial charge in [-0.2, -0.15) is 0 Å². The molecule has 2 fully saturated rings. The Hall–Kier alpha value is -1.84. The summed E-state index contributed by atoms with van der Waals surface area (Å²) in [6, 6.07) is 9.76. The zero-order valence-corrected chi connectivity index (χ0v) is 13.0. The highest BCUT2D eigenvalue weighted by Gasteiger charge is 2.29. The van der Waals surface area contributed by atoms with Gasteiger partial charge in [0.15, 0.2) is 0 Å². The van der Waals surface area contributed by atoms with Gasteiger partial charge in [-0.3, -0.25) is 9.59 Å². The van der Waals surface area contributed by atoms with Crippen LogP contribution in [0.3, 0.4) is 0 Å². The quantitative estimate of drug-likeness (QED) is 0.933. The van der Waals surface area contributed by atoms with Crippen molar-refractivity contribution in [2.75, 3.05) is 13.1 Å². The maximum absolute atomic E-state index is 12.4. The highest BCUT2D eigenvalue weighted by molar-refractivity contribution is 5.94. The SMILES string of the molecule is O=C(NC1CCCC1)C1CCN(C(=O)c2ccccc2)CC1. The number of nitrogens with one attached hydrogen (secondary N) is 1. The number of amides is 2. The van der Waals surface area contributed by atoms with E-state index in [9.17, 15) is 9.59 Å². The third-order valence-corrected chi connectivity index (χ3v) is 4.88. The molecule has 0 atom stereocenters. The lowest BCUT2D eigenvalue weighted by atomic mass is 9.95. The van der Waals surface area contributed by atoms with Gasteiger partial charge in [0.2, 0.25) is 5.91 Å². The molecule has 2 amide bonds. The van der Waals surface area contributed by atoms with Crippen LogP contribution in [0.2, 0.25) is 0 Å². The van der Waals surface area contributed by atoms with Crippen LogP contribution in [0, 0.1) is 5.92 Å². The van der Waals surface area contributed by atoms with E-state index in [4.69, 9.17) is 0 Å². The maximum Gasteiger partial charge on any atom is 0.253 e. The highest BCUT2D eigenvalue weighted by Crippen LogP contribution is 2.22. The van der Waals surface area contributed by atoms with Crippen molar-refractivity contribution in [3.63, 3.8) is 0 Å². The highest BCUT2D eigenvalue weighted by atomic mass is 16.2. The summed E-state index contributed by atoms with van der Waals surface area (Å²) >= 11 is 0. The molecule has 1 heterocycles. The normalized spacial score (nSPS) is 20.1. The molecule has 4 heteroatoms. The second kappa shape index (κ2) is 6.95. The van der Waals surface area contributed by atoms with Gasteiger partial charge in [0.05, 0.1) is 0 Å². The lowest BCUT2D eigenvalue weighted by Gasteiger charge is -2.32. The molecule has 1 saturated heterocycles. The Morgan fingerprint density at radius 2 is 1.59 bits per heavy atom. The summed E-state index contributed by atoms with van der Waals surface area (Å²) in [6.07, 6.45) is 6.26. The Kier molecular flexibility index (Phi) is 4.76. The first-order valence-corrected chi connectivity index (χ1v) is 8.39. The minimum atomic E-state index is 0.0698. The van der Waals surface area contributed by atoms with Crippen LogP contribution in [-0.4, -0.2) is 35.8 Å². The number of piperidine rings is 1. The Labute approximate surface area is 131 Å². The molecule has 2 aliphatic rings. The number of benzene rings is 1. The van der Waals surface area contributed by atoms with E-state index in [1.54, 1.807) is 0 Å². The number of hydrogen-bond donors (Lipinski definition) is 1. The Morgan fingerprint density at radius 1 is 0.955 bits per heavy atom. The summed E-state index contributed by atoms with van der Waals surface area (Å²) in [7, 11) is 0. The number of carbonyl (C=O) groups is 2. The van der Waals surface area contributed by atoms with Crippen LogP contribution in [0.4, 0.5) is 0 Å². The topological polar surface area (TPSA) is 49.4 Å². The van der Waals surface area contributed by atoms with Gasteiger partial charge in [-0.05, 0) is 37.8 Å². The molecule has 1 aliphatic heterocycles. The fourth-order valence-electron chi connectivity index (χ4n) is 3.50. The summed E-state index contributed by atoms with van der Waals surface area (Å²) in [5, 5.41) is 3.18. The fourth-order valence-corrected chi connectivity index (χ4v) is 3.50. The van der Waals surface area contributed by atoms with Crippen molar-refractivity contribution in [3.8, 4) is 0 Å². The molecule has 0 radical (unpaired) electrons. The van der Waals surface area contributed by atoms with Crippen LogP contribution in [0.25, 0.3) is 0 Å². The molecule has 118 valence electrons. The fraction of sp³-hybridized carbons (Fsp3) is 0.556. The zero-order valence-electron chi connectivity index (χ0n) is 13.0. The molecule has 0 bridgehead atoms. The molecule has 0 aromatic heterocycles. The molecule has 1 aromatic carbocycles. The lowest BCUT2D eigenvalue weighted by molar-refractivity contribution is -0.127. The van der Waals surface area contributed by atoms with E-state index in [1.165, 1.54) is 12.8 Å². The van der Waals surface area contributed by atoms with Gasteiger partial charge in [-0.1, -0.05) is 31.0 Å². The van der Waals surface area contributed by atoms with Crippen molar-refractivity contribution in [1.82, 2.24) is 10.2 Å². The van der Waals surface area contributed by atoms with E-state index in [0.717, 1.165) is 31.2 Å². The Morgan fingerprint density at radius 3 is 2.23 bits per heavy atom. The third-order valence-electron chi connectivity index (χ3n) is 4.88. The van der Waals surface area contributed by atoms with Crippen molar-refractivity contribution in [2.45, 2.75) is 44.6 Å². The number of nitrogens with zero attached hydrogens (tertiary/aromatic N) is 1. The van der Waals surface area contributed by atoms with E-state index in [-0.39, 0.29) is 17.7 Å². The largest absolute Gasteiger partial charge is 0.353 e. The predicted molar refractivity (Wildman–Crippen MR) is 85.5 cm³/mol. The molecule has 0 unspecified atom stereocenters. The van der Waals surface area contributed by atoms with Gasteiger partial charge in [0, 0.05) is 30.6 Å². The summed E-state index contributed by atoms with van der Waals surface area (Å²) in [4.78, 5) is 26.5. The van der Waals surface area contributed by atoms with Gasteiger partial charge >= 0.3 is 0 Å². The van der Waals surface area contributed by atoms with Crippen LogP contribution in [0.15, 0.2) is 30.3 Å². The van der Waals surface area contributed by atoms with Gasteiger partial charge in [0.1, 0.15) is 0 Å². The minimum absolute atomic E-state index is 0.0698. The third kappa shape index (κ3) is 3.49. The number of hydrogen-bond acceptors (Lipinski definition) is 2. The van der Waals surface area contributed by atoms with E-state index < -0.39 is 0 Å². The summed E-state index contributed by atoms with van der Waals surface area (Å²) in [5.74, 6) is 0.342. The van der Waals surface area contributed by atoms with Gasteiger partial charge in [0.25, 0.3) is 5.91 Å². The second-order valence-electron chi connectivity index (χ2n) is 6.42. The summed E-state index contributed by atoms with van der Waals surface area (Å²) < 4.78 is 0. The van der Waals surface area contributed by atoms with Crippen LogP contribution in [0.1, 0.15) is 48.9 Å². The van der Waals surface area contributed by atoms with Crippen LogP contribution in [0.5, 0.6) is 0 Å². The Balaban J connectivity index is 1.49.